The van der Waals surface area contributed by atoms with Gasteiger partial charge in [0.2, 0.25) is 5.91 Å². The summed E-state index contributed by atoms with van der Waals surface area (Å²) in [5.41, 5.74) is 5.71. The van der Waals surface area contributed by atoms with Crippen LogP contribution in [0.4, 0.5) is 15.8 Å². The van der Waals surface area contributed by atoms with Gasteiger partial charge in [-0.25, -0.2) is 4.39 Å². The number of carbonyl (C=O) groups is 2. The third-order valence-corrected chi connectivity index (χ3v) is 4.41. The largest absolute Gasteiger partial charge is 0.469 e. The van der Waals surface area contributed by atoms with Crippen molar-refractivity contribution in [1.29, 1.82) is 0 Å². The maximum Gasteiger partial charge on any atom is 0.259 e. The summed E-state index contributed by atoms with van der Waals surface area (Å²) in [6.07, 6.45) is 2.19. The van der Waals surface area contributed by atoms with Gasteiger partial charge in [0.05, 0.1) is 17.5 Å². The summed E-state index contributed by atoms with van der Waals surface area (Å²) in [5, 5.41) is 5.16. The molecule has 0 radical (unpaired) electrons. The Hall–Kier alpha value is -2.71. The SMILES string of the molecule is Cc1occc1C(=O)Nc1cc(NC(=O)C2(N)CCOCC2)ccc1F. The van der Waals surface area contributed by atoms with E-state index in [0.29, 0.717) is 43.1 Å². The number of rotatable bonds is 4. The molecular weight excluding hydrogens is 341 g/mol. The van der Waals surface area contributed by atoms with Crippen LogP contribution in [-0.2, 0) is 9.53 Å². The Morgan fingerprint density at radius 3 is 2.58 bits per heavy atom. The van der Waals surface area contributed by atoms with Crippen LogP contribution in [0.1, 0.15) is 29.0 Å². The number of hydrogen-bond acceptors (Lipinski definition) is 5. The standard InChI is InChI=1S/C18H20FN3O4/c1-11-13(4-7-26-11)16(23)22-15-10-12(2-3-14(15)19)21-17(24)18(20)5-8-25-9-6-18/h2-4,7,10H,5-6,8-9,20H2,1H3,(H,21,24)(H,22,23). The van der Waals surface area contributed by atoms with Crippen molar-refractivity contribution in [1.82, 2.24) is 0 Å². The number of ether oxygens (including phenoxy) is 1. The van der Waals surface area contributed by atoms with Crippen molar-refractivity contribution in [3.8, 4) is 0 Å². The van der Waals surface area contributed by atoms with Gasteiger partial charge in [0.25, 0.3) is 5.91 Å². The predicted molar refractivity (Wildman–Crippen MR) is 93.4 cm³/mol. The van der Waals surface area contributed by atoms with Crippen LogP contribution in [0.25, 0.3) is 0 Å². The molecule has 1 fully saturated rings. The summed E-state index contributed by atoms with van der Waals surface area (Å²) in [5.74, 6) is -1.06. The van der Waals surface area contributed by atoms with E-state index in [1.807, 2.05) is 0 Å². The molecule has 1 aliphatic rings. The first kappa shape index (κ1) is 18.1. The molecule has 1 aromatic heterocycles. The molecule has 0 atom stereocenters. The lowest BCUT2D eigenvalue weighted by molar-refractivity contribution is -0.124. The second-order valence-corrected chi connectivity index (χ2v) is 6.26. The van der Waals surface area contributed by atoms with Crippen molar-refractivity contribution in [2.24, 2.45) is 5.73 Å². The number of anilines is 2. The second kappa shape index (κ2) is 7.27. The number of nitrogens with one attached hydrogen (secondary N) is 2. The molecule has 138 valence electrons. The Kier molecular flexibility index (Phi) is 5.06. The summed E-state index contributed by atoms with van der Waals surface area (Å²) in [6, 6.07) is 5.43. The van der Waals surface area contributed by atoms with E-state index in [0.717, 1.165) is 0 Å². The molecule has 8 heteroatoms. The average molecular weight is 361 g/mol. The number of furan rings is 1. The van der Waals surface area contributed by atoms with Gasteiger partial charge in [-0.1, -0.05) is 0 Å². The molecule has 0 unspecified atom stereocenters. The Bertz CT molecular complexity index is 828. The molecule has 1 saturated heterocycles. The molecule has 1 aliphatic heterocycles. The highest BCUT2D eigenvalue weighted by molar-refractivity contribution is 6.05. The highest BCUT2D eigenvalue weighted by Crippen LogP contribution is 2.24. The molecule has 0 spiro atoms. The maximum atomic E-state index is 14.0. The first-order valence-electron chi connectivity index (χ1n) is 8.22. The zero-order valence-electron chi connectivity index (χ0n) is 14.3. The Balaban J connectivity index is 1.74. The van der Waals surface area contributed by atoms with Gasteiger partial charge in [0.15, 0.2) is 0 Å². The Labute approximate surface area is 149 Å². The lowest BCUT2D eigenvalue weighted by atomic mass is 9.90. The van der Waals surface area contributed by atoms with Crippen molar-refractivity contribution in [2.45, 2.75) is 25.3 Å². The molecule has 4 N–H and O–H groups in total. The van der Waals surface area contributed by atoms with Gasteiger partial charge < -0.3 is 25.5 Å². The van der Waals surface area contributed by atoms with Gasteiger partial charge in [-0.05, 0) is 44.0 Å². The van der Waals surface area contributed by atoms with Gasteiger partial charge in [-0.3, -0.25) is 9.59 Å². The first-order chi connectivity index (χ1) is 12.4. The molecule has 1 aromatic carbocycles. The highest BCUT2D eigenvalue weighted by Gasteiger charge is 2.36. The molecule has 0 aliphatic carbocycles. The van der Waals surface area contributed by atoms with Crippen LogP contribution in [0.15, 0.2) is 34.9 Å². The minimum atomic E-state index is -1.02. The van der Waals surface area contributed by atoms with Crippen molar-refractivity contribution in [3.63, 3.8) is 0 Å². The lowest BCUT2D eigenvalue weighted by Gasteiger charge is -2.31. The number of halogens is 1. The molecule has 3 rings (SSSR count). The molecule has 0 bridgehead atoms. The molecule has 2 amide bonds. The molecule has 7 nitrogen and oxygen atoms in total. The summed E-state index contributed by atoms with van der Waals surface area (Å²) in [6.45, 7) is 2.47. The zero-order chi connectivity index (χ0) is 18.7. The van der Waals surface area contributed by atoms with Crippen molar-refractivity contribution in [3.05, 3.63) is 47.7 Å². The molecular formula is C18H20FN3O4. The Morgan fingerprint density at radius 1 is 1.19 bits per heavy atom. The minimum Gasteiger partial charge on any atom is -0.469 e. The van der Waals surface area contributed by atoms with Crippen LogP contribution in [0, 0.1) is 12.7 Å². The number of nitrogens with two attached hydrogens (primary N) is 1. The normalized spacial score (nSPS) is 16.1. The Morgan fingerprint density at radius 2 is 1.92 bits per heavy atom. The first-order valence-corrected chi connectivity index (χ1v) is 8.22. The van der Waals surface area contributed by atoms with Gasteiger partial charge in [0.1, 0.15) is 17.1 Å². The van der Waals surface area contributed by atoms with Crippen molar-refractivity contribution >= 4 is 23.2 Å². The fourth-order valence-corrected chi connectivity index (χ4v) is 2.73. The van der Waals surface area contributed by atoms with Crippen LogP contribution in [0.2, 0.25) is 0 Å². The second-order valence-electron chi connectivity index (χ2n) is 6.26. The predicted octanol–water partition coefficient (Wildman–Crippen LogP) is 2.43. The maximum absolute atomic E-state index is 14.0. The zero-order valence-corrected chi connectivity index (χ0v) is 14.3. The number of aryl methyl sites for hydroxylation is 1. The van der Waals surface area contributed by atoms with E-state index in [1.54, 1.807) is 6.92 Å². The quantitative estimate of drug-likeness (QED) is 0.775. The van der Waals surface area contributed by atoms with Crippen LogP contribution in [0.5, 0.6) is 0 Å². The van der Waals surface area contributed by atoms with E-state index >= 15 is 0 Å². The van der Waals surface area contributed by atoms with E-state index < -0.39 is 17.3 Å². The average Bonchev–Trinajstić information content (AvgIpc) is 3.04. The van der Waals surface area contributed by atoms with E-state index in [4.69, 9.17) is 14.9 Å². The van der Waals surface area contributed by atoms with Crippen LogP contribution < -0.4 is 16.4 Å². The number of amides is 2. The van der Waals surface area contributed by atoms with E-state index in [9.17, 15) is 14.0 Å². The molecule has 2 aromatic rings. The van der Waals surface area contributed by atoms with Gasteiger partial charge in [-0.15, -0.1) is 0 Å². The third-order valence-electron chi connectivity index (χ3n) is 4.41. The fourth-order valence-electron chi connectivity index (χ4n) is 2.73. The summed E-state index contributed by atoms with van der Waals surface area (Å²) >= 11 is 0. The molecule has 0 saturated carbocycles. The van der Waals surface area contributed by atoms with Crippen LogP contribution in [0.3, 0.4) is 0 Å². The summed E-state index contributed by atoms with van der Waals surface area (Å²) in [4.78, 5) is 24.7. The molecule has 2 heterocycles. The number of benzene rings is 1. The van der Waals surface area contributed by atoms with E-state index in [2.05, 4.69) is 10.6 Å². The van der Waals surface area contributed by atoms with Crippen LogP contribution in [-0.4, -0.2) is 30.6 Å². The smallest absolute Gasteiger partial charge is 0.259 e. The van der Waals surface area contributed by atoms with Crippen molar-refractivity contribution in [2.75, 3.05) is 23.8 Å². The summed E-state index contributed by atoms with van der Waals surface area (Å²) in [7, 11) is 0. The monoisotopic (exact) mass is 361 g/mol. The van der Waals surface area contributed by atoms with Gasteiger partial charge in [0, 0.05) is 18.9 Å². The number of carbonyl (C=O) groups excluding carboxylic acids is 2. The van der Waals surface area contributed by atoms with Crippen molar-refractivity contribution < 1.29 is 23.1 Å². The summed E-state index contributed by atoms with van der Waals surface area (Å²) < 4.78 is 24.3. The topological polar surface area (TPSA) is 107 Å². The van der Waals surface area contributed by atoms with Crippen LogP contribution >= 0.6 is 0 Å². The van der Waals surface area contributed by atoms with Gasteiger partial charge in [-0.2, -0.15) is 0 Å². The fraction of sp³-hybridized carbons (Fsp3) is 0.333. The molecule has 26 heavy (non-hydrogen) atoms. The minimum absolute atomic E-state index is 0.0496. The number of hydrogen-bond donors (Lipinski definition) is 3. The third kappa shape index (κ3) is 3.76. The lowest BCUT2D eigenvalue weighted by Crippen LogP contribution is -2.54. The van der Waals surface area contributed by atoms with E-state index in [1.165, 1.54) is 30.5 Å². The van der Waals surface area contributed by atoms with Gasteiger partial charge >= 0.3 is 0 Å². The van der Waals surface area contributed by atoms with E-state index in [-0.39, 0.29) is 11.6 Å². The highest BCUT2D eigenvalue weighted by atomic mass is 19.1.